The van der Waals surface area contributed by atoms with Crippen LogP contribution in [0.5, 0.6) is 0 Å². The molecule has 0 fully saturated rings. The molecule has 39 heavy (non-hydrogen) atoms. The van der Waals surface area contributed by atoms with Crippen molar-refractivity contribution in [2.24, 2.45) is 0 Å². The summed E-state index contributed by atoms with van der Waals surface area (Å²) in [6.45, 7) is 0. The monoisotopic (exact) mass is 496 g/mol. The molecule has 8 rings (SSSR count). The van der Waals surface area contributed by atoms with Crippen LogP contribution in [-0.2, 0) is 0 Å². The largest absolute Gasteiger partial charge is 0.292 e. The van der Waals surface area contributed by atoms with Gasteiger partial charge in [-0.05, 0) is 85.9 Å². The predicted octanol–water partition coefficient (Wildman–Crippen LogP) is 9.82. The molecule has 0 N–H and O–H groups in total. The minimum Gasteiger partial charge on any atom is -0.292 e. The van der Waals surface area contributed by atoms with Gasteiger partial charge in [0.1, 0.15) is 5.82 Å². The average Bonchev–Trinajstić information content (AvgIpc) is 3.40. The van der Waals surface area contributed by atoms with Crippen molar-refractivity contribution in [3.63, 3.8) is 0 Å². The smallest absolute Gasteiger partial charge is 0.145 e. The van der Waals surface area contributed by atoms with Crippen molar-refractivity contribution in [2.75, 3.05) is 0 Å². The van der Waals surface area contributed by atoms with Crippen molar-refractivity contribution in [1.29, 1.82) is 0 Å². The number of fused-ring (bicyclic) bond motifs is 5. The van der Waals surface area contributed by atoms with Gasteiger partial charge in [0, 0.05) is 11.3 Å². The van der Waals surface area contributed by atoms with Crippen molar-refractivity contribution in [1.82, 2.24) is 9.55 Å². The van der Waals surface area contributed by atoms with Crippen LogP contribution in [0.25, 0.3) is 71.6 Å². The fraction of sp³-hybridized carbons (Fsp3) is 0. The van der Waals surface area contributed by atoms with Gasteiger partial charge in [-0.3, -0.25) is 4.57 Å². The Hall–Kier alpha value is -5.21. The lowest BCUT2D eigenvalue weighted by Gasteiger charge is -2.13. The van der Waals surface area contributed by atoms with E-state index in [9.17, 15) is 0 Å². The first kappa shape index (κ1) is 21.8. The molecule has 0 amide bonds. The van der Waals surface area contributed by atoms with E-state index in [2.05, 4.69) is 138 Å². The van der Waals surface area contributed by atoms with Gasteiger partial charge in [-0.2, -0.15) is 0 Å². The molecule has 0 bridgehead atoms. The molecule has 0 radical (unpaired) electrons. The highest BCUT2D eigenvalue weighted by Gasteiger charge is 2.15. The molecular formula is C37H24N2. The number of nitrogens with zero attached hydrogens (tertiary/aromatic N) is 2. The quantitative estimate of drug-likeness (QED) is 0.176. The van der Waals surface area contributed by atoms with Gasteiger partial charge in [-0.25, -0.2) is 4.98 Å². The molecule has 0 saturated heterocycles. The molecule has 0 aliphatic carbocycles. The van der Waals surface area contributed by atoms with Crippen molar-refractivity contribution < 1.29 is 0 Å². The van der Waals surface area contributed by atoms with Crippen molar-refractivity contribution in [2.45, 2.75) is 0 Å². The van der Waals surface area contributed by atoms with E-state index in [0.717, 1.165) is 28.1 Å². The van der Waals surface area contributed by atoms with Crippen LogP contribution >= 0.6 is 0 Å². The van der Waals surface area contributed by atoms with E-state index in [1.807, 2.05) is 12.1 Å². The first-order chi connectivity index (χ1) is 19.3. The first-order valence-corrected chi connectivity index (χ1v) is 13.3. The van der Waals surface area contributed by atoms with Crippen LogP contribution in [0.3, 0.4) is 0 Å². The highest BCUT2D eigenvalue weighted by atomic mass is 15.1. The van der Waals surface area contributed by atoms with Gasteiger partial charge in [0.25, 0.3) is 0 Å². The van der Waals surface area contributed by atoms with Gasteiger partial charge in [0.15, 0.2) is 0 Å². The molecule has 0 aliphatic rings. The molecule has 0 saturated carbocycles. The summed E-state index contributed by atoms with van der Waals surface area (Å²) in [6.07, 6.45) is 0. The Morgan fingerprint density at radius 3 is 1.90 bits per heavy atom. The Labute approximate surface area is 226 Å². The minimum atomic E-state index is 0.948. The van der Waals surface area contributed by atoms with Crippen LogP contribution in [0.1, 0.15) is 0 Å². The molecular weight excluding hydrogens is 472 g/mol. The third-order valence-corrected chi connectivity index (χ3v) is 7.75. The Morgan fingerprint density at radius 1 is 0.436 bits per heavy atom. The van der Waals surface area contributed by atoms with Crippen molar-refractivity contribution >= 4 is 43.4 Å². The molecule has 182 valence electrons. The summed E-state index contributed by atoms with van der Waals surface area (Å²) in [5, 5.41) is 7.64. The summed E-state index contributed by atoms with van der Waals surface area (Å²) >= 11 is 0. The van der Waals surface area contributed by atoms with E-state index in [4.69, 9.17) is 4.98 Å². The number of imidazole rings is 1. The van der Waals surface area contributed by atoms with Crippen molar-refractivity contribution in [3.05, 3.63) is 146 Å². The number of benzene rings is 7. The molecule has 0 aliphatic heterocycles. The van der Waals surface area contributed by atoms with Gasteiger partial charge in [-0.1, -0.05) is 103 Å². The maximum absolute atomic E-state index is 5.04. The van der Waals surface area contributed by atoms with Crippen LogP contribution in [0.4, 0.5) is 0 Å². The number of para-hydroxylation sites is 3. The summed E-state index contributed by atoms with van der Waals surface area (Å²) in [4.78, 5) is 5.04. The van der Waals surface area contributed by atoms with E-state index >= 15 is 0 Å². The first-order valence-electron chi connectivity index (χ1n) is 13.3. The van der Waals surface area contributed by atoms with Crippen LogP contribution in [0, 0.1) is 0 Å². The number of hydrogen-bond acceptors (Lipinski definition) is 1. The number of rotatable bonds is 3. The highest BCUT2D eigenvalue weighted by molar-refractivity contribution is 6.16. The predicted molar refractivity (Wildman–Crippen MR) is 164 cm³/mol. The van der Waals surface area contributed by atoms with E-state index in [1.165, 1.54) is 43.4 Å². The summed E-state index contributed by atoms with van der Waals surface area (Å²) in [5.41, 5.74) is 6.75. The topological polar surface area (TPSA) is 17.8 Å². The molecule has 0 unspecified atom stereocenters. The number of aromatic nitrogens is 2. The summed E-state index contributed by atoms with van der Waals surface area (Å²) in [7, 11) is 0. The Morgan fingerprint density at radius 2 is 1.08 bits per heavy atom. The van der Waals surface area contributed by atoms with Crippen LogP contribution in [0.2, 0.25) is 0 Å². The molecule has 2 heteroatoms. The Kier molecular flexibility index (Phi) is 4.86. The lowest BCUT2D eigenvalue weighted by Crippen LogP contribution is -1.97. The third kappa shape index (κ3) is 3.53. The summed E-state index contributed by atoms with van der Waals surface area (Å²) in [5.74, 6) is 0.948. The lowest BCUT2D eigenvalue weighted by molar-refractivity contribution is 1.10. The van der Waals surface area contributed by atoms with Gasteiger partial charge in [0.2, 0.25) is 0 Å². The average molecular weight is 497 g/mol. The maximum atomic E-state index is 5.04. The standard InChI is InChI=1S/C37H24N2/c1-2-12-30(13-3-1)39-36-17-9-8-16-35(36)38-37(39)26-20-18-25(19-21-26)33-24-29-22-27-10-4-5-11-28(27)23-34(29)32-15-7-6-14-31(32)33/h1-24H. The fourth-order valence-corrected chi connectivity index (χ4v) is 5.89. The van der Waals surface area contributed by atoms with E-state index in [-0.39, 0.29) is 0 Å². The molecule has 0 spiro atoms. The van der Waals surface area contributed by atoms with Gasteiger partial charge < -0.3 is 0 Å². The van der Waals surface area contributed by atoms with E-state index in [1.54, 1.807) is 0 Å². The summed E-state index contributed by atoms with van der Waals surface area (Å²) in [6, 6.07) is 52.0. The van der Waals surface area contributed by atoms with Crippen LogP contribution in [0.15, 0.2) is 146 Å². The second-order valence-electron chi connectivity index (χ2n) is 10.1. The molecule has 0 atom stereocenters. The molecule has 7 aromatic carbocycles. The highest BCUT2D eigenvalue weighted by Crippen LogP contribution is 2.38. The van der Waals surface area contributed by atoms with Crippen LogP contribution in [-0.4, -0.2) is 9.55 Å². The summed E-state index contributed by atoms with van der Waals surface area (Å²) < 4.78 is 2.25. The zero-order chi connectivity index (χ0) is 25.8. The van der Waals surface area contributed by atoms with Crippen LogP contribution < -0.4 is 0 Å². The third-order valence-electron chi connectivity index (χ3n) is 7.75. The lowest BCUT2D eigenvalue weighted by atomic mass is 9.91. The number of hydrogen-bond donors (Lipinski definition) is 0. The normalized spacial score (nSPS) is 11.6. The van der Waals surface area contributed by atoms with E-state index in [0.29, 0.717) is 0 Å². The van der Waals surface area contributed by atoms with E-state index < -0.39 is 0 Å². The second-order valence-corrected chi connectivity index (χ2v) is 10.1. The zero-order valence-corrected chi connectivity index (χ0v) is 21.3. The SMILES string of the molecule is c1ccc(-n2c(-c3ccc(-c4cc5cc6ccccc6cc5c5ccccc45)cc3)nc3ccccc32)cc1. The van der Waals surface area contributed by atoms with Gasteiger partial charge >= 0.3 is 0 Å². The fourth-order valence-electron chi connectivity index (χ4n) is 5.89. The Balaban J connectivity index is 1.31. The second kappa shape index (κ2) is 8.68. The van der Waals surface area contributed by atoms with Gasteiger partial charge in [-0.15, -0.1) is 0 Å². The Bertz CT molecular complexity index is 2150. The molecule has 1 aromatic heterocycles. The van der Waals surface area contributed by atoms with Crippen molar-refractivity contribution in [3.8, 4) is 28.2 Å². The molecule has 8 aromatic rings. The maximum Gasteiger partial charge on any atom is 0.145 e. The molecule has 1 heterocycles. The minimum absolute atomic E-state index is 0.948. The van der Waals surface area contributed by atoms with Gasteiger partial charge in [0.05, 0.1) is 11.0 Å². The molecule has 2 nitrogen and oxygen atoms in total. The zero-order valence-electron chi connectivity index (χ0n) is 21.3.